The van der Waals surface area contributed by atoms with Crippen LogP contribution in [0.5, 0.6) is 5.75 Å². The van der Waals surface area contributed by atoms with E-state index < -0.39 is 16.2 Å². The number of alkyl halides is 2. The van der Waals surface area contributed by atoms with Crippen LogP contribution in [-0.4, -0.2) is 62.7 Å². The topological polar surface area (TPSA) is 124 Å². The Morgan fingerprint density at radius 2 is 2.05 bits per heavy atom. The van der Waals surface area contributed by atoms with Crippen molar-refractivity contribution in [2.75, 3.05) is 18.4 Å². The van der Waals surface area contributed by atoms with E-state index in [4.69, 9.17) is 33.3 Å². The number of amides is 2. The number of hydrogen-bond acceptors (Lipinski definition) is 8. The third-order valence-corrected chi connectivity index (χ3v) is 8.52. The Balaban J connectivity index is 1.43. The van der Waals surface area contributed by atoms with Crippen LogP contribution in [0.15, 0.2) is 29.1 Å². The average molecular weight is 581 g/mol. The SMILES string of the molecule is CCC1CCC(C(=O)NCC2CC2(Cl)Cl)N1C(=O)CNc1ccc(OCc2cscn2)cc1C(=N)C(C)=O. The number of anilines is 1. The molecule has 38 heavy (non-hydrogen) atoms. The third kappa shape index (κ3) is 6.65. The number of carbonyl (C=O) groups excluding carboxylic acids is 3. The first-order valence-corrected chi connectivity index (χ1v) is 14.2. The van der Waals surface area contributed by atoms with Crippen LogP contribution in [0.4, 0.5) is 5.69 Å². The van der Waals surface area contributed by atoms with E-state index in [9.17, 15) is 14.4 Å². The van der Waals surface area contributed by atoms with Gasteiger partial charge in [-0.05, 0) is 43.9 Å². The molecule has 3 N–H and O–H groups in total. The van der Waals surface area contributed by atoms with Gasteiger partial charge < -0.3 is 20.3 Å². The molecule has 9 nitrogen and oxygen atoms in total. The fourth-order valence-corrected chi connectivity index (χ4v) is 5.71. The molecule has 1 saturated heterocycles. The van der Waals surface area contributed by atoms with Crippen molar-refractivity contribution in [2.24, 2.45) is 5.92 Å². The molecule has 2 aromatic rings. The highest BCUT2D eigenvalue weighted by Crippen LogP contribution is 2.52. The summed E-state index contributed by atoms with van der Waals surface area (Å²) in [6, 6.07) is 4.39. The van der Waals surface area contributed by atoms with E-state index in [0.717, 1.165) is 18.5 Å². The van der Waals surface area contributed by atoms with Crippen molar-refractivity contribution < 1.29 is 19.1 Å². The second-order valence-electron chi connectivity index (χ2n) is 9.62. The summed E-state index contributed by atoms with van der Waals surface area (Å²) in [6.07, 6.45) is 2.69. The minimum absolute atomic E-state index is 0.0208. The minimum Gasteiger partial charge on any atom is -0.487 e. The number of benzene rings is 1. The fraction of sp³-hybridized carbons (Fsp3) is 0.500. The third-order valence-electron chi connectivity index (χ3n) is 6.96. The zero-order valence-electron chi connectivity index (χ0n) is 21.3. The van der Waals surface area contributed by atoms with E-state index in [2.05, 4.69) is 15.6 Å². The maximum Gasteiger partial charge on any atom is 0.242 e. The van der Waals surface area contributed by atoms with Gasteiger partial charge in [-0.3, -0.25) is 19.8 Å². The molecule has 1 saturated carbocycles. The standard InChI is InChI=1S/C26H31Cl2N5O4S/c1-3-18-4-7-22(25(36)31-10-16-9-26(16,27)28)33(18)23(35)11-30-21-6-5-19(8-20(21)24(29)15(2)34)37-12-17-13-38-14-32-17/h5-6,8,13-14,16,18,22,29-30H,3-4,7,9-12H2,1-2H3,(H,31,36). The Hall–Kier alpha value is -2.69. The van der Waals surface area contributed by atoms with Crippen LogP contribution in [0, 0.1) is 11.3 Å². The summed E-state index contributed by atoms with van der Waals surface area (Å²) in [4.78, 5) is 44.2. The van der Waals surface area contributed by atoms with Crippen LogP contribution in [0.2, 0.25) is 0 Å². The van der Waals surface area contributed by atoms with E-state index in [1.54, 1.807) is 28.6 Å². The maximum absolute atomic E-state index is 13.4. The Bertz CT molecular complexity index is 1210. The number of rotatable bonds is 12. The normalized spacial score (nSPS) is 21.6. The molecule has 0 radical (unpaired) electrons. The van der Waals surface area contributed by atoms with Gasteiger partial charge in [-0.15, -0.1) is 34.5 Å². The number of nitrogens with zero attached hydrogens (tertiary/aromatic N) is 2. The molecule has 0 spiro atoms. The summed E-state index contributed by atoms with van der Waals surface area (Å²) in [5.41, 5.74) is 3.09. The first-order valence-electron chi connectivity index (χ1n) is 12.5. The molecule has 1 aliphatic heterocycles. The van der Waals surface area contributed by atoms with Crippen molar-refractivity contribution in [3.05, 3.63) is 40.3 Å². The quantitative estimate of drug-likeness (QED) is 0.256. The van der Waals surface area contributed by atoms with E-state index in [1.807, 2.05) is 12.3 Å². The van der Waals surface area contributed by atoms with E-state index in [-0.39, 0.29) is 42.6 Å². The van der Waals surface area contributed by atoms with Crippen LogP contribution >= 0.6 is 34.5 Å². The second-order valence-corrected chi connectivity index (χ2v) is 11.9. The highest BCUT2D eigenvalue weighted by atomic mass is 35.5. The largest absolute Gasteiger partial charge is 0.487 e. The van der Waals surface area contributed by atoms with Gasteiger partial charge in [0.2, 0.25) is 11.8 Å². The van der Waals surface area contributed by atoms with Gasteiger partial charge in [0.1, 0.15) is 28.4 Å². The molecule has 3 unspecified atom stereocenters. The van der Waals surface area contributed by atoms with Gasteiger partial charge in [0.25, 0.3) is 0 Å². The van der Waals surface area contributed by atoms with Gasteiger partial charge in [0.05, 0.1) is 17.7 Å². The van der Waals surface area contributed by atoms with Crippen LogP contribution in [0.25, 0.3) is 0 Å². The van der Waals surface area contributed by atoms with Crippen LogP contribution in [-0.2, 0) is 21.0 Å². The predicted molar refractivity (Wildman–Crippen MR) is 148 cm³/mol. The average Bonchev–Trinajstić information content (AvgIpc) is 3.29. The zero-order chi connectivity index (χ0) is 27.4. The summed E-state index contributed by atoms with van der Waals surface area (Å²) < 4.78 is 5.00. The van der Waals surface area contributed by atoms with Crippen molar-refractivity contribution >= 4 is 63.5 Å². The van der Waals surface area contributed by atoms with Gasteiger partial charge in [-0.25, -0.2) is 4.98 Å². The number of Topliss-reactive ketones (excluding diaryl/α,β-unsaturated/α-hetero) is 1. The second kappa shape index (κ2) is 12.0. The molecular formula is C26H31Cl2N5O4S. The number of carbonyl (C=O) groups is 3. The Morgan fingerprint density at radius 1 is 1.29 bits per heavy atom. The molecule has 3 atom stereocenters. The molecule has 0 bridgehead atoms. The van der Waals surface area contributed by atoms with Gasteiger partial charge in [-0.1, -0.05) is 6.92 Å². The van der Waals surface area contributed by atoms with Crippen LogP contribution < -0.4 is 15.4 Å². The minimum atomic E-state index is -0.777. The van der Waals surface area contributed by atoms with Gasteiger partial charge in [0, 0.05) is 42.1 Å². The summed E-state index contributed by atoms with van der Waals surface area (Å²) in [7, 11) is 0. The lowest BCUT2D eigenvalue weighted by Crippen LogP contribution is -2.50. The lowest BCUT2D eigenvalue weighted by atomic mass is 10.0. The number of aromatic nitrogens is 1. The van der Waals surface area contributed by atoms with Gasteiger partial charge in [-0.2, -0.15) is 0 Å². The number of ketones is 1. The lowest BCUT2D eigenvalue weighted by Gasteiger charge is -2.29. The number of likely N-dealkylation sites (tertiary alicyclic amines) is 1. The fourth-order valence-electron chi connectivity index (χ4n) is 4.64. The zero-order valence-corrected chi connectivity index (χ0v) is 23.6. The first-order chi connectivity index (χ1) is 18.1. The molecule has 12 heteroatoms. The van der Waals surface area contributed by atoms with Crippen molar-refractivity contribution in [3.63, 3.8) is 0 Å². The van der Waals surface area contributed by atoms with E-state index in [0.29, 0.717) is 36.4 Å². The van der Waals surface area contributed by atoms with Gasteiger partial charge >= 0.3 is 0 Å². The summed E-state index contributed by atoms with van der Waals surface area (Å²) in [6.45, 7) is 3.86. The number of halogens is 2. The molecule has 2 amide bonds. The molecule has 2 fully saturated rings. The summed E-state index contributed by atoms with van der Waals surface area (Å²) >= 11 is 13.6. The predicted octanol–water partition coefficient (Wildman–Crippen LogP) is 4.17. The molecule has 2 heterocycles. The lowest BCUT2D eigenvalue weighted by molar-refractivity contribution is -0.139. The van der Waals surface area contributed by atoms with Crippen molar-refractivity contribution in [1.82, 2.24) is 15.2 Å². The smallest absolute Gasteiger partial charge is 0.242 e. The Kier molecular flexibility index (Phi) is 8.95. The van der Waals surface area contributed by atoms with E-state index >= 15 is 0 Å². The highest BCUT2D eigenvalue weighted by molar-refractivity contribution is 7.07. The summed E-state index contributed by atoms with van der Waals surface area (Å²) in [5, 5.41) is 16.2. The molecule has 1 aromatic heterocycles. The Morgan fingerprint density at radius 3 is 2.68 bits per heavy atom. The van der Waals surface area contributed by atoms with E-state index in [1.165, 1.54) is 18.3 Å². The molecule has 2 aliphatic rings. The highest BCUT2D eigenvalue weighted by Gasteiger charge is 2.51. The first kappa shape index (κ1) is 28.3. The van der Waals surface area contributed by atoms with Crippen LogP contribution in [0.1, 0.15) is 50.8 Å². The summed E-state index contributed by atoms with van der Waals surface area (Å²) in [5.74, 6) is -0.341. The van der Waals surface area contributed by atoms with Gasteiger partial charge in [0.15, 0.2) is 5.78 Å². The molecule has 1 aliphatic carbocycles. The Labute approximate surface area is 235 Å². The van der Waals surface area contributed by atoms with Crippen molar-refractivity contribution in [2.45, 2.75) is 62.6 Å². The number of thiazole rings is 1. The number of nitrogens with one attached hydrogen (secondary N) is 3. The molecular weight excluding hydrogens is 549 g/mol. The maximum atomic E-state index is 13.4. The molecule has 4 rings (SSSR count). The number of hydrogen-bond donors (Lipinski definition) is 3. The van der Waals surface area contributed by atoms with Crippen molar-refractivity contribution in [3.8, 4) is 5.75 Å². The van der Waals surface area contributed by atoms with Crippen molar-refractivity contribution in [1.29, 1.82) is 5.41 Å². The monoisotopic (exact) mass is 579 g/mol. The number of ether oxygens (including phenoxy) is 1. The molecule has 1 aromatic carbocycles. The van der Waals surface area contributed by atoms with Crippen LogP contribution in [0.3, 0.4) is 0 Å². The molecule has 204 valence electrons.